The second-order valence-corrected chi connectivity index (χ2v) is 5.53. The van der Waals surface area contributed by atoms with Gasteiger partial charge in [0, 0.05) is 12.4 Å². The summed E-state index contributed by atoms with van der Waals surface area (Å²) in [4.78, 5) is 6.28. The fourth-order valence-electron chi connectivity index (χ4n) is 1.19. The lowest BCUT2D eigenvalue weighted by atomic mass is 10.4. The third-order valence-electron chi connectivity index (χ3n) is 1.93. The highest BCUT2D eigenvalue weighted by molar-refractivity contribution is 7.92. The van der Waals surface area contributed by atoms with Gasteiger partial charge in [-0.3, -0.25) is 0 Å². The number of H-pyrrole nitrogens is 1. The number of nitrogens with one attached hydrogen (secondary N) is 2. The smallest absolute Gasteiger partial charge is 0.265 e. The van der Waals surface area contributed by atoms with Crippen LogP contribution in [-0.4, -0.2) is 18.4 Å². The Morgan fingerprint density at radius 3 is 2.71 bits per heavy atom. The van der Waals surface area contributed by atoms with E-state index in [1.54, 1.807) is 0 Å². The molecule has 2 N–H and O–H groups in total. The van der Waals surface area contributed by atoms with Crippen molar-refractivity contribution >= 4 is 39.2 Å². The van der Waals surface area contributed by atoms with Crippen LogP contribution in [0.1, 0.15) is 0 Å². The molecule has 2 rings (SSSR count). The lowest BCUT2D eigenvalue weighted by Crippen LogP contribution is -2.14. The quantitative estimate of drug-likeness (QED) is 0.912. The first-order valence-corrected chi connectivity index (χ1v) is 6.71. The molecule has 8 heteroatoms. The number of nitrogens with zero attached hydrogens (tertiary/aromatic N) is 1. The van der Waals surface area contributed by atoms with E-state index in [-0.39, 0.29) is 20.9 Å². The van der Waals surface area contributed by atoms with Crippen LogP contribution >= 0.6 is 23.2 Å². The van der Waals surface area contributed by atoms with Crippen molar-refractivity contribution in [3.8, 4) is 0 Å². The van der Waals surface area contributed by atoms with Crippen LogP contribution in [0.2, 0.25) is 10.0 Å². The Hall–Kier alpha value is -1.24. The van der Waals surface area contributed by atoms with Crippen molar-refractivity contribution in [3.05, 3.63) is 40.6 Å². The van der Waals surface area contributed by atoms with Gasteiger partial charge in [-0.1, -0.05) is 29.3 Å². The van der Waals surface area contributed by atoms with Gasteiger partial charge in [-0.25, -0.2) is 18.1 Å². The summed E-state index contributed by atoms with van der Waals surface area (Å²) in [6.45, 7) is 0. The van der Waals surface area contributed by atoms with E-state index < -0.39 is 10.0 Å². The summed E-state index contributed by atoms with van der Waals surface area (Å²) >= 11 is 11.6. The van der Waals surface area contributed by atoms with E-state index in [4.69, 9.17) is 23.2 Å². The van der Waals surface area contributed by atoms with Crippen LogP contribution in [0.5, 0.6) is 0 Å². The van der Waals surface area contributed by atoms with Crippen molar-refractivity contribution < 1.29 is 8.42 Å². The molecule has 0 atom stereocenters. The molecular weight excluding hydrogens is 285 g/mol. The number of imidazole rings is 1. The van der Waals surface area contributed by atoms with Crippen molar-refractivity contribution in [3.63, 3.8) is 0 Å². The molecule has 0 bridgehead atoms. The Morgan fingerprint density at radius 2 is 2.06 bits per heavy atom. The highest BCUT2D eigenvalue weighted by atomic mass is 35.5. The van der Waals surface area contributed by atoms with Crippen LogP contribution < -0.4 is 4.72 Å². The number of sulfonamides is 1. The van der Waals surface area contributed by atoms with E-state index in [9.17, 15) is 8.42 Å². The molecule has 0 fully saturated rings. The van der Waals surface area contributed by atoms with Gasteiger partial charge in [0.25, 0.3) is 10.0 Å². The van der Waals surface area contributed by atoms with Gasteiger partial charge in [-0.15, -0.1) is 0 Å². The second-order valence-electron chi connectivity index (χ2n) is 3.10. The number of anilines is 1. The minimum absolute atomic E-state index is 0.0202. The molecule has 90 valence electrons. The molecule has 5 nitrogen and oxygen atoms in total. The maximum atomic E-state index is 12.0. The van der Waals surface area contributed by atoms with Gasteiger partial charge >= 0.3 is 0 Å². The molecule has 0 unspecified atom stereocenters. The number of halogens is 2. The van der Waals surface area contributed by atoms with Gasteiger partial charge in [0.15, 0.2) is 0 Å². The molecule has 1 aromatic heterocycles. The molecule has 0 saturated carbocycles. The van der Waals surface area contributed by atoms with Gasteiger partial charge in [0.05, 0.1) is 10.0 Å². The van der Waals surface area contributed by atoms with Gasteiger partial charge in [0.1, 0.15) is 4.90 Å². The fraction of sp³-hybridized carbons (Fsp3) is 0. The summed E-state index contributed by atoms with van der Waals surface area (Å²) in [5.41, 5.74) is 0. The highest BCUT2D eigenvalue weighted by Gasteiger charge is 2.20. The molecular formula is C9H7Cl2N3O2S. The van der Waals surface area contributed by atoms with E-state index in [0.29, 0.717) is 0 Å². The molecule has 0 radical (unpaired) electrons. The molecule has 0 aliphatic rings. The van der Waals surface area contributed by atoms with Crippen molar-refractivity contribution in [2.45, 2.75) is 4.90 Å². The van der Waals surface area contributed by atoms with Crippen LogP contribution in [-0.2, 0) is 10.0 Å². The van der Waals surface area contributed by atoms with Crippen LogP contribution in [0.15, 0.2) is 35.5 Å². The summed E-state index contributed by atoms with van der Waals surface area (Å²) in [5, 5.41) is 0.155. The predicted octanol–water partition coefficient (Wildman–Crippen LogP) is 2.52. The maximum absolute atomic E-state index is 12.0. The molecule has 0 spiro atoms. The molecule has 0 aliphatic carbocycles. The van der Waals surface area contributed by atoms with Gasteiger partial charge in [-0.2, -0.15) is 0 Å². The molecule has 1 aromatic carbocycles. The number of aromatic nitrogens is 2. The first-order chi connectivity index (χ1) is 8.00. The SMILES string of the molecule is O=S(=O)(Nc1ncc[nH]1)c1cccc(Cl)c1Cl. The number of hydrogen-bond acceptors (Lipinski definition) is 3. The van der Waals surface area contributed by atoms with E-state index >= 15 is 0 Å². The largest absolute Gasteiger partial charge is 0.330 e. The van der Waals surface area contributed by atoms with Gasteiger partial charge in [-0.05, 0) is 12.1 Å². The lowest BCUT2D eigenvalue weighted by Gasteiger charge is -2.07. The standard InChI is InChI=1S/C9H7Cl2N3O2S/c10-6-2-1-3-7(8(6)11)17(15,16)14-9-12-4-5-13-9/h1-5H,(H2,12,13,14). The predicted molar refractivity (Wildman–Crippen MR) is 65.9 cm³/mol. The Balaban J connectivity index is 2.42. The summed E-state index contributed by atoms with van der Waals surface area (Å²) in [6.07, 6.45) is 2.93. The van der Waals surface area contributed by atoms with Gasteiger partial charge in [0.2, 0.25) is 5.95 Å². The van der Waals surface area contributed by atoms with E-state index in [1.165, 1.54) is 30.6 Å². The summed E-state index contributed by atoms with van der Waals surface area (Å²) in [5.74, 6) is 0.112. The first-order valence-electron chi connectivity index (χ1n) is 4.47. The Bertz CT molecular complexity index is 626. The van der Waals surface area contributed by atoms with Crippen molar-refractivity contribution in [1.29, 1.82) is 0 Å². The average molecular weight is 292 g/mol. The maximum Gasteiger partial charge on any atom is 0.265 e. The van der Waals surface area contributed by atoms with E-state index in [1.807, 2.05) is 0 Å². The Morgan fingerprint density at radius 1 is 1.29 bits per heavy atom. The number of hydrogen-bond donors (Lipinski definition) is 2. The lowest BCUT2D eigenvalue weighted by molar-refractivity contribution is 0.601. The minimum atomic E-state index is -3.80. The second kappa shape index (κ2) is 4.56. The molecule has 0 amide bonds. The molecule has 2 aromatic rings. The van der Waals surface area contributed by atoms with Crippen LogP contribution in [0.25, 0.3) is 0 Å². The zero-order valence-corrected chi connectivity index (χ0v) is 10.6. The molecule has 17 heavy (non-hydrogen) atoms. The zero-order valence-electron chi connectivity index (χ0n) is 8.31. The number of rotatable bonds is 3. The summed E-state index contributed by atoms with van der Waals surface area (Å²) in [7, 11) is -3.80. The number of aromatic amines is 1. The fourth-order valence-corrected chi connectivity index (χ4v) is 2.94. The average Bonchev–Trinajstić information content (AvgIpc) is 2.73. The van der Waals surface area contributed by atoms with Crippen molar-refractivity contribution in [2.24, 2.45) is 0 Å². The van der Waals surface area contributed by atoms with E-state index in [0.717, 1.165) is 0 Å². The minimum Gasteiger partial charge on any atom is -0.330 e. The van der Waals surface area contributed by atoms with Crippen molar-refractivity contribution in [1.82, 2.24) is 9.97 Å². The molecule has 0 saturated heterocycles. The highest BCUT2D eigenvalue weighted by Crippen LogP contribution is 2.29. The van der Waals surface area contributed by atoms with Crippen LogP contribution in [0.4, 0.5) is 5.95 Å². The summed E-state index contributed by atoms with van der Waals surface area (Å²) < 4.78 is 26.2. The number of benzene rings is 1. The zero-order chi connectivity index (χ0) is 12.5. The first kappa shape index (κ1) is 12.2. The third-order valence-corrected chi connectivity index (χ3v) is 4.25. The van der Waals surface area contributed by atoms with Crippen LogP contribution in [0.3, 0.4) is 0 Å². The Labute approximate surface area is 108 Å². The monoisotopic (exact) mass is 291 g/mol. The molecule has 0 aliphatic heterocycles. The third kappa shape index (κ3) is 2.54. The summed E-state index contributed by atoms with van der Waals surface area (Å²) in [6, 6.07) is 4.38. The van der Waals surface area contributed by atoms with Crippen molar-refractivity contribution in [2.75, 3.05) is 4.72 Å². The Kier molecular flexibility index (Phi) is 3.28. The normalized spacial score (nSPS) is 11.4. The van der Waals surface area contributed by atoms with Gasteiger partial charge < -0.3 is 4.98 Å². The molecule has 1 heterocycles. The van der Waals surface area contributed by atoms with E-state index in [2.05, 4.69) is 14.7 Å². The topological polar surface area (TPSA) is 74.8 Å². The van der Waals surface area contributed by atoms with Crippen LogP contribution in [0, 0.1) is 0 Å².